The van der Waals surface area contributed by atoms with Gasteiger partial charge >= 0.3 is 0 Å². The van der Waals surface area contributed by atoms with E-state index in [0.29, 0.717) is 11.9 Å². The van der Waals surface area contributed by atoms with Gasteiger partial charge in [-0.25, -0.2) is 15.0 Å². The first-order valence-electron chi connectivity index (χ1n) is 9.52. The van der Waals surface area contributed by atoms with Gasteiger partial charge in [-0.2, -0.15) is 0 Å². The van der Waals surface area contributed by atoms with Crippen LogP contribution in [0.1, 0.15) is 6.42 Å². The lowest BCUT2D eigenvalue weighted by molar-refractivity contribution is 0.789. The summed E-state index contributed by atoms with van der Waals surface area (Å²) in [5.74, 6) is 2.40. The highest BCUT2D eigenvalue weighted by atomic mass is 32.2. The highest BCUT2D eigenvalue weighted by Crippen LogP contribution is 2.31. The molecule has 1 atom stereocenters. The van der Waals surface area contributed by atoms with Crippen LogP contribution in [0.25, 0.3) is 21.6 Å². The number of hydrogen-bond donors (Lipinski definition) is 3. The van der Waals surface area contributed by atoms with Crippen molar-refractivity contribution >= 4 is 45.1 Å². The van der Waals surface area contributed by atoms with Crippen LogP contribution in [-0.2, 0) is 0 Å². The molecular weight excluding hydrogens is 400 g/mol. The van der Waals surface area contributed by atoms with Gasteiger partial charge in [-0.15, -0.1) is 11.3 Å². The first-order valence-corrected chi connectivity index (χ1v) is 11.2. The third-order valence-electron chi connectivity index (χ3n) is 4.74. The van der Waals surface area contributed by atoms with Crippen molar-refractivity contribution in [2.24, 2.45) is 0 Å². The molecule has 4 heterocycles. The molecule has 1 unspecified atom stereocenters. The topological polar surface area (TPSA) is 74.8 Å². The molecule has 3 aromatic heterocycles. The van der Waals surface area contributed by atoms with E-state index in [1.54, 1.807) is 17.5 Å². The Kier molecular flexibility index (Phi) is 5.29. The van der Waals surface area contributed by atoms with E-state index < -0.39 is 0 Å². The van der Waals surface area contributed by atoms with Crippen molar-refractivity contribution in [3.8, 4) is 11.4 Å². The Bertz CT molecular complexity index is 1110. The maximum Gasteiger partial charge on any atom is 0.162 e. The lowest BCUT2D eigenvalue weighted by Crippen LogP contribution is -2.22. The SMILES string of the molecule is c1ccc(SNc2cc(-c3nc(NC4CCNC4)c4sccc4n3)ccn2)cc1. The van der Waals surface area contributed by atoms with E-state index in [2.05, 4.69) is 43.9 Å². The summed E-state index contributed by atoms with van der Waals surface area (Å²) in [5, 5.41) is 9.06. The van der Waals surface area contributed by atoms with Crippen molar-refractivity contribution in [1.82, 2.24) is 20.3 Å². The lowest BCUT2D eigenvalue weighted by atomic mass is 10.2. The number of aromatic nitrogens is 3. The smallest absolute Gasteiger partial charge is 0.162 e. The molecule has 0 radical (unpaired) electrons. The standard InChI is InChI=1S/C21H20N6S2/c1-2-4-16(5-3-1)29-27-18-12-14(6-10-23-18)20-25-17-8-11-28-19(17)21(26-20)24-15-7-9-22-13-15/h1-6,8,10-12,15,22H,7,9,13H2,(H,23,27)(H,24,25,26). The number of rotatable bonds is 6. The predicted octanol–water partition coefficient (Wildman–Crippen LogP) is 4.65. The fourth-order valence-corrected chi connectivity index (χ4v) is 4.70. The average molecular weight is 421 g/mol. The second kappa shape index (κ2) is 8.36. The van der Waals surface area contributed by atoms with E-state index in [9.17, 15) is 0 Å². The number of pyridine rings is 1. The van der Waals surface area contributed by atoms with E-state index in [-0.39, 0.29) is 0 Å². The van der Waals surface area contributed by atoms with Crippen LogP contribution < -0.4 is 15.4 Å². The summed E-state index contributed by atoms with van der Waals surface area (Å²) in [6.45, 7) is 2.01. The van der Waals surface area contributed by atoms with Gasteiger partial charge in [-0.05, 0) is 60.6 Å². The zero-order valence-electron chi connectivity index (χ0n) is 15.6. The molecule has 8 heteroatoms. The summed E-state index contributed by atoms with van der Waals surface area (Å²) >= 11 is 3.21. The monoisotopic (exact) mass is 420 g/mol. The van der Waals surface area contributed by atoms with Gasteiger partial charge in [0.2, 0.25) is 0 Å². The van der Waals surface area contributed by atoms with Crippen LogP contribution >= 0.6 is 23.3 Å². The van der Waals surface area contributed by atoms with Crippen LogP contribution in [-0.4, -0.2) is 34.1 Å². The second-order valence-corrected chi connectivity index (χ2v) is 8.61. The fraction of sp³-hybridized carbons (Fsp3) is 0.190. The zero-order chi connectivity index (χ0) is 19.5. The van der Waals surface area contributed by atoms with Gasteiger partial charge in [0.15, 0.2) is 5.82 Å². The number of thiophene rings is 1. The molecule has 1 aliphatic rings. The van der Waals surface area contributed by atoms with E-state index in [0.717, 1.165) is 51.8 Å². The van der Waals surface area contributed by atoms with Gasteiger partial charge in [-0.3, -0.25) is 0 Å². The minimum atomic E-state index is 0.403. The van der Waals surface area contributed by atoms with Gasteiger partial charge in [0.05, 0.1) is 10.2 Å². The Labute approximate surface area is 177 Å². The van der Waals surface area contributed by atoms with Gasteiger partial charge in [0, 0.05) is 29.2 Å². The first kappa shape index (κ1) is 18.4. The molecule has 0 aliphatic carbocycles. The zero-order valence-corrected chi connectivity index (χ0v) is 17.3. The van der Waals surface area contributed by atoms with Crippen molar-refractivity contribution in [1.29, 1.82) is 0 Å². The third-order valence-corrected chi connectivity index (χ3v) is 6.47. The van der Waals surface area contributed by atoms with Crippen molar-refractivity contribution < 1.29 is 0 Å². The number of nitrogens with one attached hydrogen (secondary N) is 3. The lowest BCUT2D eigenvalue weighted by Gasteiger charge is -2.14. The summed E-state index contributed by atoms with van der Waals surface area (Å²) < 4.78 is 4.41. The maximum absolute atomic E-state index is 4.86. The van der Waals surface area contributed by atoms with Crippen LogP contribution in [0.2, 0.25) is 0 Å². The molecular formula is C21H20N6S2. The number of nitrogens with zero attached hydrogens (tertiary/aromatic N) is 3. The third kappa shape index (κ3) is 4.19. The van der Waals surface area contributed by atoms with Gasteiger partial charge in [-0.1, -0.05) is 18.2 Å². The molecule has 29 heavy (non-hydrogen) atoms. The Morgan fingerprint density at radius 3 is 2.90 bits per heavy atom. The Hall–Kier alpha value is -2.68. The highest BCUT2D eigenvalue weighted by molar-refractivity contribution is 8.00. The van der Waals surface area contributed by atoms with E-state index in [4.69, 9.17) is 9.97 Å². The van der Waals surface area contributed by atoms with Crippen LogP contribution in [0, 0.1) is 0 Å². The molecule has 4 aromatic rings. The molecule has 6 nitrogen and oxygen atoms in total. The van der Waals surface area contributed by atoms with Crippen LogP contribution in [0.5, 0.6) is 0 Å². The van der Waals surface area contributed by atoms with Crippen molar-refractivity contribution in [3.05, 3.63) is 60.1 Å². The Balaban J connectivity index is 1.42. The number of anilines is 2. The molecule has 1 fully saturated rings. The average Bonchev–Trinajstić information content (AvgIpc) is 3.45. The minimum absolute atomic E-state index is 0.403. The summed E-state index contributed by atoms with van der Waals surface area (Å²) in [4.78, 5) is 15.2. The molecule has 3 N–H and O–H groups in total. The molecule has 146 valence electrons. The van der Waals surface area contributed by atoms with Crippen molar-refractivity contribution in [2.75, 3.05) is 23.1 Å². The maximum atomic E-state index is 4.86. The molecule has 0 saturated carbocycles. The fourth-order valence-electron chi connectivity index (χ4n) is 3.29. The molecule has 1 aromatic carbocycles. The number of benzene rings is 1. The minimum Gasteiger partial charge on any atom is -0.365 e. The van der Waals surface area contributed by atoms with Crippen LogP contribution in [0.3, 0.4) is 0 Å². The molecule has 1 saturated heterocycles. The van der Waals surface area contributed by atoms with Gasteiger partial charge in [0.25, 0.3) is 0 Å². The van der Waals surface area contributed by atoms with Gasteiger partial charge < -0.3 is 15.4 Å². The van der Waals surface area contributed by atoms with Crippen LogP contribution in [0.4, 0.5) is 11.6 Å². The van der Waals surface area contributed by atoms with Crippen molar-refractivity contribution in [3.63, 3.8) is 0 Å². The molecule has 0 bridgehead atoms. The summed E-state index contributed by atoms with van der Waals surface area (Å²) in [6, 6.07) is 16.6. The summed E-state index contributed by atoms with van der Waals surface area (Å²) in [5.41, 5.74) is 1.91. The normalized spacial score (nSPS) is 16.2. The molecule has 0 amide bonds. The predicted molar refractivity (Wildman–Crippen MR) is 121 cm³/mol. The van der Waals surface area contributed by atoms with Gasteiger partial charge in [0.1, 0.15) is 11.6 Å². The highest BCUT2D eigenvalue weighted by Gasteiger charge is 2.18. The van der Waals surface area contributed by atoms with Crippen molar-refractivity contribution in [2.45, 2.75) is 17.4 Å². The number of fused-ring (bicyclic) bond motifs is 1. The largest absolute Gasteiger partial charge is 0.365 e. The first-order chi connectivity index (χ1) is 14.3. The second-order valence-electron chi connectivity index (χ2n) is 6.81. The molecule has 5 rings (SSSR count). The number of hydrogen-bond acceptors (Lipinski definition) is 8. The quantitative estimate of drug-likeness (QED) is 0.392. The Morgan fingerprint density at radius 2 is 2.03 bits per heavy atom. The molecule has 0 spiro atoms. The van der Waals surface area contributed by atoms with E-state index in [1.807, 2.05) is 30.3 Å². The molecule has 1 aliphatic heterocycles. The Morgan fingerprint density at radius 1 is 1.10 bits per heavy atom. The van der Waals surface area contributed by atoms with E-state index in [1.165, 1.54) is 11.9 Å². The summed E-state index contributed by atoms with van der Waals surface area (Å²) in [7, 11) is 0. The summed E-state index contributed by atoms with van der Waals surface area (Å²) in [6.07, 6.45) is 2.89. The van der Waals surface area contributed by atoms with E-state index >= 15 is 0 Å². The van der Waals surface area contributed by atoms with Crippen LogP contribution in [0.15, 0.2) is 65.0 Å².